The third-order valence-corrected chi connectivity index (χ3v) is 8.16. The minimum atomic E-state index is -1.11. The quantitative estimate of drug-likeness (QED) is 0.127. The molecule has 0 aliphatic carbocycles. The van der Waals surface area contributed by atoms with Crippen LogP contribution < -0.4 is 16.0 Å². The van der Waals surface area contributed by atoms with Gasteiger partial charge in [-0.1, -0.05) is 92.9 Å². The van der Waals surface area contributed by atoms with Gasteiger partial charge < -0.3 is 20.7 Å². The number of pyridine rings is 1. The lowest BCUT2D eigenvalue weighted by Crippen LogP contribution is -2.47. The third kappa shape index (κ3) is 13.0. The average molecular weight is 649 g/mol. The van der Waals surface area contributed by atoms with E-state index in [0.29, 0.717) is 24.3 Å². The van der Waals surface area contributed by atoms with Crippen molar-refractivity contribution in [3.63, 3.8) is 0 Å². The largest absolute Gasteiger partial charge is 0.456 e. The zero-order valence-electron chi connectivity index (χ0n) is 26.6. The van der Waals surface area contributed by atoms with Gasteiger partial charge in [0.05, 0.1) is 18.7 Å². The number of ether oxygens (including phenoxy) is 1. The average Bonchev–Trinajstić information content (AvgIpc) is 3.05. The number of rotatable bonds is 12. The Balaban J connectivity index is 1.76. The Labute approximate surface area is 275 Å². The summed E-state index contributed by atoms with van der Waals surface area (Å²) >= 11 is 1.28. The van der Waals surface area contributed by atoms with E-state index in [-0.39, 0.29) is 35.9 Å². The Morgan fingerprint density at radius 1 is 1.00 bits per heavy atom. The maximum absolute atomic E-state index is 13.5. The van der Waals surface area contributed by atoms with E-state index in [0.717, 1.165) is 31.2 Å². The second-order valence-corrected chi connectivity index (χ2v) is 12.1. The molecule has 1 aliphatic heterocycles. The van der Waals surface area contributed by atoms with Gasteiger partial charge in [-0.25, -0.2) is 9.78 Å². The van der Waals surface area contributed by atoms with Gasteiger partial charge in [0.25, 0.3) is 11.8 Å². The number of allylic oxidation sites excluding steroid dienone is 2. The lowest BCUT2D eigenvalue weighted by Gasteiger charge is -2.22. The Morgan fingerprint density at radius 3 is 2.54 bits per heavy atom. The molecule has 10 nitrogen and oxygen atoms in total. The highest BCUT2D eigenvalue weighted by Crippen LogP contribution is 2.14. The summed E-state index contributed by atoms with van der Waals surface area (Å²) < 4.78 is 5.80. The first-order valence-electron chi connectivity index (χ1n) is 15.9. The number of nitrogens with one attached hydrogen (secondary N) is 3. The Hall–Kier alpha value is -4.25. The highest BCUT2D eigenvalue weighted by atomic mass is 32.2. The number of unbranched alkanes of at least 4 members (excludes halogenated alkanes) is 4. The van der Waals surface area contributed by atoms with Crippen LogP contribution in [-0.2, 0) is 36.9 Å². The van der Waals surface area contributed by atoms with Crippen LogP contribution in [0.5, 0.6) is 0 Å². The summed E-state index contributed by atoms with van der Waals surface area (Å²) in [6.07, 6.45) is 10.5. The maximum atomic E-state index is 13.5. The van der Waals surface area contributed by atoms with Crippen LogP contribution in [0, 0.1) is 0 Å². The van der Waals surface area contributed by atoms with E-state index < -0.39 is 35.8 Å². The molecule has 3 N–H and O–H groups in total. The first-order valence-corrected chi connectivity index (χ1v) is 16.9. The monoisotopic (exact) mass is 648 g/mol. The minimum absolute atomic E-state index is 0.0482. The van der Waals surface area contributed by atoms with Crippen molar-refractivity contribution in [2.75, 3.05) is 5.75 Å². The number of hydrogen-bond donors (Lipinski definition) is 3. The second kappa shape index (κ2) is 20.0. The molecule has 1 aliphatic rings. The zero-order valence-corrected chi connectivity index (χ0v) is 27.4. The number of hydrogen-bond acceptors (Lipinski definition) is 8. The van der Waals surface area contributed by atoms with Crippen molar-refractivity contribution in [1.29, 1.82) is 0 Å². The standard InChI is InChI=1S/C35H44N4O6S/c1-3-5-6-7-11-20-32(41)46-21-13-12-18-27-23-31(40)36-24-26-17-14-19-29(37-26)34(43)38-28(4-2)33(42)39-30(35(44)45-27)22-25-15-9-8-10-16-25/h4,8-10,12,14-19,27,30H,3,5-7,11,13,20-24H2,1-2H3,(H,36,40)(H,38,43)(H,39,42)/b18-12+,28-4-/t27-,30+/m1/s1. The molecule has 3 amide bonds. The van der Waals surface area contributed by atoms with Crippen LogP contribution in [0.4, 0.5) is 0 Å². The number of amides is 3. The van der Waals surface area contributed by atoms with Gasteiger partial charge in [0, 0.05) is 18.6 Å². The van der Waals surface area contributed by atoms with Gasteiger partial charge in [-0.3, -0.25) is 19.2 Å². The van der Waals surface area contributed by atoms with E-state index in [1.54, 1.807) is 31.2 Å². The number of nitrogens with zero attached hydrogens (tertiary/aromatic N) is 1. The van der Waals surface area contributed by atoms with Crippen LogP contribution in [-0.4, -0.2) is 51.7 Å². The fraction of sp³-hybridized carbons (Fsp3) is 0.429. The fourth-order valence-electron chi connectivity index (χ4n) is 4.69. The predicted octanol–water partition coefficient (Wildman–Crippen LogP) is 4.94. The number of cyclic esters (lactones) is 1. The second-order valence-electron chi connectivity index (χ2n) is 10.9. The van der Waals surface area contributed by atoms with Crippen LogP contribution >= 0.6 is 11.8 Å². The van der Waals surface area contributed by atoms with Crippen LogP contribution in [0.1, 0.15) is 87.0 Å². The van der Waals surface area contributed by atoms with Crippen molar-refractivity contribution in [2.24, 2.45) is 0 Å². The maximum Gasteiger partial charge on any atom is 0.329 e. The van der Waals surface area contributed by atoms with Crippen molar-refractivity contribution < 1.29 is 28.7 Å². The molecule has 0 spiro atoms. The highest BCUT2D eigenvalue weighted by molar-refractivity contribution is 8.13. The molecule has 1 aromatic carbocycles. The number of aromatic nitrogens is 1. The fourth-order valence-corrected chi connectivity index (χ4v) is 5.46. The molecule has 46 heavy (non-hydrogen) atoms. The molecule has 3 rings (SSSR count). The van der Waals surface area contributed by atoms with Crippen molar-refractivity contribution >= 4 is 40.6 Å². The molecule has 2 heterocycles. The molecule has 0 unspecified atom stereocenters. The number of fused-ring (bicyclic) bond motifs is 2. The summed E-state index contributed by atoms with van der Waals surface area (Å²) in [5.41, 5.74) is 1.24. The van der Waals surface area contributed by atoms with E-state index in [4.69, 9.17) is 4.74 Å². The first kappa shape index (κ1) is 36.2. The van der Waals surface area contributed by atoms with Crippen LogP contribution in [0.3, 0.4) is 0 Å². The Morgan fingerprint density at radius 2 is 1.78 bits per heavy atom. The smallest absolute Gasteiger partial charge is 0.329 e. The van der Waals surface area contributed by atoms with E-state index in [1.165, 1.54) is 30.3 Å². The van der Waals surface area contributed by atoms with Gasteiger partial charge >= 0.3 is 5.97 Å². The molecule has 11 heteroatoms. The summed E-state index contributed by atoms with van der Waals surface area (Å²) in [4.78, 5) is 69.2. The first-order chi connectivity index (χ1) is 22.3. The summed E-state index contributed by atoms with van der Waals surface area (Å²) in [6.45, 7) is 3.80. The molecule has 2 atom stereocenters. The third-order valence-electron chi connectivity index (χ3n) is 7.20. The van der Waals surface area contributed by atoms with Crippen molar-refractivity contribution in [2.45, 2.75) is 90.3 Å². The molecule has 1 aromatic heterocycles. The van der Waals surface area contributed by atoms with Gasteiger partial charge in [-0.05, 0) is 43.5 Å². The Bertz CT molecular complexity index is 1390. The number of benzene rings is 1. The van der Waals surface area contributed by atoms with Crippen LogP contribution in [0.25, 0.3) is 0 Å². The van der Waals surface area contributed by atoms with E-state index in [1.807, 2.05) is 30.3 Å². The topological polar surface area (TPSA) is 144 Å². The Kier molecular flexibility index (Phi) is 15.7. The molecule has 246 valence electrons. The summed E-state index contributed by atoms with van der Waals surface area (Å²) in [6, 6.07) is 12.8. The minimum Gasteiger partial charge on any atom is -0.456 e. The summed E-state index contributed by atoms with van der Waals surface area (Å²) in [5, 5.41) is 8.19. The van der Waals surface area contributed by atoms with Gasteiger partial charge in [0.15, 0.2) is 5.12 Å². The predicted molar refractivity (Wildman–Crippen MR) is 178 cm³/mol. The van der Waals surface area contributed by atoms with Crippen molar-refractivity contribution in [3.05, 3.63) is 89.4 Å². The lowest BCUT2D eigenvalue weighted by molar-refractivity contribution is -0.151. The van der Waals surface area contributed by atoms with Gasteiger partial charge in [-0.2, -0.15) is 0 Å². The molecule has 2 aromatic rings. The number of thioether (sulfide) groups is 1. The summed E-state index contributed by atoms with van der Waals surface area (Å²) in [7, 11) is 0. The molecule has 0 saturated heterocycles. The van der Waals surface area contributed by atoms with Gasteiger partial charge in [0.2, 0.25) is 5.91 Å². The lowest BCUT2D eigenvalue weighted by atomic mass is 10.1. The molecule has 0 fully saturated rings. The van der Waals surface area contributed by atoms with Crippen molar-refractivity contribution in [3.8, 4) is 0 Å². The molecule has 0 radical (unpaired) electrons. The SMILES string of the molecule is C/C=C1\NC(=O)c2cccc(n2)CNC(=O)C[C@@H](/C=C/CCSC(=O)CCCCCCC)OC(=O)[C@H](Cc2ccccc2)NC1=O. The molecular weight excluding hydrogens is 604 g/mol. The van der Waals surface area contributed by atoms with Crippen LogP contribution in [0.2, 0.25) is 0 Å². The zero-order chi connectivity index (χ0) is 33.1. The van der Waals surface area contributed by atoms with E-state index in [9.17, 15) is 24.0 Å². The normalized spacial score (nSPS) is 19.0. The summed E-state index contributed by atoms with van der Waals surface area (Å²) in [5.74, 6) is -1.83. The van der Waals surface area contributed by atoms with Gasteiger partial charge in [-0.15, -0.1) is 0 Å². The molecule has 0 saturated carbocycles. The van der Waals surface area contributed by atoms with Crippen LogP contribution in [0.15, 0.2) is 72.5 Å². The number of esters is 1. The van der Waals surface area contributed by atoms with E-state index >= 15 is 0 Å². The van der Waals surface area contributed by atoms with Gasteiger partial charge in [0.1, 0.15) is 23.5 Å². The number of carbonyl (C=O) groups is 5. The molecular formula is C35H44N4O6S. The molecule has 2 bridgehead atoms. The van der Waals surface area contributed by atoms with Crippen molar-refractivity contribution in [1.82, 2.24) is 20.9 Å². The highest BCUT2D eigenvalue weighted by Gasteiger charge is 2.28. The number of carbonyl (C=O) groups excluding carboxylic acids is 5. The van der Waals surface area contributed by atoms with E-state index in [2.05, 4.69) is 27.9 Å².